The van der Waals surface area contributed by atoms with E-state index >= 15 is 0 Å². The van der Waals surface area contributed by atoms with E-state index in [1.165, 1.54) is 23.4 Å². The van der Waals surface area contributed by atoms with Crippen molar-refractivity contribution in [2.24, 2.45) is 23.2 Å². The van der Waals surface area contributed by atoms with Crippen LogP contribution >= 0.6 is 0 Å². The molecule has 3 fully saturated rings. The van der Waals surface area contributed by atoms with Crippen molar-refractivity contribution in [2.75, 3.05) is 6.54 Å². The molecule has 2 bridgehead atoms. The second-order valence-corrected chi connectivity index (χ2v) is 11.7. The van der Waals surface area contributed by atoms with E-state index in [0.717, 1.165) is 29.0 Å². The number of carboxylic acid groups (broad SMARTS) is 1. The highest BCUT2D eigenvalue weighted by atomic mass is 16.4. The van der Waals surface area contributed by atoms with Gasteiger partial charge in [0, 0.05) is 18.7 Å². The zero-order valence-corrected chi connectivity index (χ0v) is 22.0. The van der Waals surface area contributed by atoms with E-state index in [-0.39, 0.29) is 34.8 Å². The van der Waals surface area contributed by atoms with Gasteiger partial charge < -0.3 is 15.7 Å². The van der Waals surface area contributed by atoms with Crippen molar-refractivity contribution in [1.82, 2.24) is 25.2 Å². The second-order valence-electron chi connectivity index (χ2n) is 11.7. The molecule has 3 saturated carbocycles. The summed E-state index contributed by atoms with van der Waals surface area (Å²) in [6.07, 6.45) is 6.52. The minimum Gasteiger partial charge on any atom is -0.478 e. The third kappa shape index (κ3) is 3.87. The minimum atomic E-state index is -0.953. The number of fused-ring (bicyclic) bond motifs is 4. The quantitative estimate of drug-likeness (QED) is 0.456. The molecule has 1 aromatic carbocycles. The van der Waals surface area contributed by atoms with E-state index in [2.05, 4.69) is 34.6 Å². The molecule has 9 heteroatoms. The van der Waals surface area contributed by atoms with Crippen LogP contribution < -0.4 is 10.6 Å². The Bertz CT molecular complexity index is 1470. The number of hydrogen-bond acceptors (Lipinski definition) is 5. The summed E-state index contributed by atoms with van der Waals surface area (Å²) in [5.41, 5.74) is 4.13. The van der Waals surface area contributed by atoms with Crippen molar-refractivity contribution in [3.63, 3.8) is 0 Å². The van der Waals surface area contributed by atoms with Crippen LogP contribution in [0.5, 0.6) is 0 Å². The largest absolute Gasteiger partial charge is 0.478 e. The number of aromatic carboxylic acids is 1. The summed E-state index contributed by atoms with van der Waals surface area (Å²) >= 11 is 0. The average Bonchev–Trinajstić information content (AvgIpc) is 3.54. The molecule has 9 nitrogen and oxygen atoms in total. The van der Waals surface area contributed by atoms with Gasteiger partial charge in [0.15, 0.2) is 5.65 Å². The highest BCUT2D eigenvalue weighted by Crippen LogP contribution is 2.61. The zero-order chi connectivity index (χ0) is 26.8. The van der Waals surface area contributed by atoms with Gasteiger partial charge in [0.05, 0.1) is 17.8 Å². The predicted molar refractivity (Wildman–Crippen MR) is 140 cm³/mol. The van der Waals surface area contributed by atoms with E-state index in [4.69, 9.17) is 0 Å². The summed E-state index contributed by atoms with van der Waals surface area (Å²) in [6.45, 7) is 7.11. The molecule has 4 aliphatic carbocycles. The van der Waals surface area contributed by atoms with Gasteiger partial charge in [0.1, 0.15) is 11.4 Å². The Morgan fingerprint density at radius 1 is 1.13 bits per heavy atom. The van der Waals surface area contributed by atoms with E-state index in [9.17, 15) is 19.5 Å². The summed E-state index contributed by atoms with van der Waals surface area (Å²) in [4.78, 5) is 42.6. The first-order valence-corrected chi connectivity index (χ1v) is 13.4. The summed E-state index contributed by atoms with van der Waals surface area (Å²) in [7, 11) is 0. The summed E-state index contributed by atoms with van der Waals surface area (Å²) in [6, 6.07) is 6.31. The highest BCUT2D eigenvalue weighted by molar-refractivity contribution is 5.98. The van der Waals surface area contributed by atoms with Gasteiger partial charge in [-0.3, -0.25) is 9.59 Å². The topological polar surface area (TPSA) is 126 Å². The van der Waals surface area contributed by atoms with E-state index < -0.39 is 5.97 Å². The molecule has 7 rings (SSSR count). The first-order chi connectivity index (χ1) is 18.1. The number of carbonyl (C=O) groups is 3. The van der Waals surface area contributed by atoms with Crippen LogP contribution in [0.2, 0.25) is 0 Å². The molecular formula is C29H33N5O4. The average molecular weight is 516 g/mol. The fourth-order valence-corrected chi connectivity index (χ4v) is 7.21. The number of nitrogens with one attached hydrogen (secondary N) is 2. The Hall–Kier alpha value is -3.75. The van der Waals surface area contributed by atoms with Gasteiger partial charge >= 0.3 is 5.97 Å². The number of amides is 2. The normalized spacial score (nSPS) is 24.9. The van der Waals surface area contributed by atoms with Crippen LogP contribution in [0.3, 0.4) is 0 Å². The molecule has 2 heterocycles. The fourth-order valence-electron chi connectivity index (χ4n) is 7.21. The van der Waals surface area contributed by atoms with Gasteiger partial charge in [-0.1, -0.05) is 19.9 Å². The Balaban J connectivity index is 1.20. The molecular weight excluding hydrogens is 482 g/mol. The molecule has 0 radical (unpaired) electrons. The molecule has 3 N–H and O–H groups in total. The third-order valence-corrected chi connectivity index (χ3v) is 9.58. The molecule has 0 saturated heterocycles. The molecule has 0 spiro atoms. The third-order valence-electron chi connectivity index (χ3n) is 9.58. The highest BCUT2D eigenvalue weighted by Gasteiger charge is 2.53. The summed E-state index contributed by atoms with van der Waals surface area (Å²) < 4.78 is 1.44. The molecule has 4 atom stereocenters. The van der Waals surface area contributed by atoms with E-state index in [1.807, 2.05) is 6.92 Å². The maximum atomic E-state index is 13.5. The van der Waals surface area contributed by atoms with Crippen LogP contribution in [0.4, 0.5) is 0 Å². The van der Waals surface area contributed by atoms with Gasteiger partial charge in [-0.15, -0.1) is 0 Å². The fraction of sp³-hybridized carbons (Fsp3) is 0.483. The van der Waals surface area contributed by atoms with Crippen LogP contribution in [0.1, 0.15) is 93.6 Å². The number of nitrogens with zero attached hydrogens (tertiary/aromatic N) is 3. The zero-order valence-electron chi connectivity index (χ0n) is 22.0. The first kappa shape index (κ1) is 24.6. The van der Waals surface area contributed by atoms with Crippen molar-refractivity contribution < 1.29 is 19.5 Å². The molecule has 4 aliphatic rings. The summed E-state index contributed by atoms with van der Waals surface area (Å²) in [5.74, 6) is 0.310. The van der Waals surface area contributed by atoms with Crippen LogP contribution in [0.15, 0.2) is 30.5 Å². The number of aromatic nitrogens is 3. The number of carboxylic acids is 1. The predicted octanol–water partition coefficient (Wildman–Crippen LogP) is 3.96. The molecule has 1 unspecified atom stereocenters. The number of rotatable bonds is 6. The van der Waals surface area contributed by atoms with Gasteiger partial charge in [0.25, 0.3) is 11.8 Å². The van der Waals surface area contributed by atoms with Gasteiger partial charge in [-0.05, 0) is 85.0 Å². The second kappa shape index (κ2) is 8.92. The molecule has 2 aromatic heterocycles. The lowest BCUT2D eigenvalue weighted by molar-refractivity contribution is -0.103. The van der Waals surface area contributed by atoms with Crippen molar-refractivity contribution >= 4 is 23.4 Å². The monoisotopic (exact) mass is 515 g/mol. The number of carbonyl (C=O) groups excluding carboxylic acids is 2. The van der Waals surface area contributed by atoms with E-state index in [0.29, 0.717) is 42.3 Å². The van der Waals surface area contributed by atoms with Crippen molar-refractivity contribution in [3.05, 3.63) is 64.1 Å². The van der Waals surface area contributed by atoms with Crippen LogP contribution in [-0.4, -0.2) is 44.0 Å². The molecule has 38 heavy (non-hydrogen) atoms. The Labute approximate surface area is 221 Å². The van der Waals surface area contributed by atoms with Crippen molar-refractivity contribution in [1.29, 1.82) is 0 Å². The Morgan fingerprint density at radius 2 is 1.95 bits per heavy atom. The van der Waals surface area contributed by atoms with Crippen LogP contribution in [0, 0.1) is 30.1 Å². The maximum absolute atomic E-state index is 13.5. The molecule has 3 aromatic rings. The number of benzene rings is 1. The van der Waals surface area contributed by atoms with Gasteiger partial charge in [0.2, 0.25) is 0 Å². The molecule has 0 aliphatic heterocycles. The minimum absolute atomic E-state index is 0.193. The van der Waals surface area contributed by atoms with E-state index in [1.54, 1.807) is 24.4 Å². The Morgan fingerprint density at radius 3 is 2.68 bits per heavy atom. The first-order valence-electron chi connectivity index (χ1n) is 13.4. The summed E-state index contributed by atoms with van der Waals surface area (Å²) in [5, 5.41) is 19.8. The van der Waals surface area contributed by atoms with Crippen molar-refractivity contribution in [2.45, 2.75) is 58.9 Å². The lowest BCUT2D eigenvalue weighted by atomic mass is 9.45. The Kier molecular flexibility index (Phi) is 5.77. The standard InChI is InChI=1S/C29H33N5O4/c1-15-18-8-9-22(20(18)7-6-19(15)28(37)38)33-27(36)24-13-23(32-25-10-11-31-34(24)25)26(35)30-14-16-4-5-17-12-21(16)29(17,2)3/h6-7,10-11,13,16-17,21-22H,4-5,8-9,12,14H2,1-3H3,(H,30,35)(H,33,36)(H,37,38)/t16?,17-,21-,22+/m1/s1. The van der Waals surface area contributed by atoms with Gasteiger partial charge in [-0.2, -0.15) is 5.10 Å². The molecule has 2 amide bonds. The van der Waals surface area contributed by atoms with Crippen LogP contribution in [0.25, 0.3) is 5.65 Å². The SMILES string of the molecule is Cc1c(C(=O)O)ccc2c1CC[C@@H]2NC(=O)c1cc(C(=O)NCC2CC[C@@H]3C[C@H]2C3(C)C)nc2ccnn12. The van der Waals surface area contributed by atoms with Crippen molar-refractivity contribution in [3.8, 4) is 0 Å². The number of hydrogen-bond donors (Lipinski definition) is 3. The molecule has 198 valence electrons. The van der Waals surface area contributed by atoms with Crippen LogP contribution in [-0.2, 0) is 6.42 Å². The maximum Gasteiger partial charge on any atom is 0.335 e. The lowest BCUT2D eigenvalue weighted by Crippen LogP contribution is -2.54. The smallest absolute Gasteiger partial charge is 0.335 e. The van der Waals surface area contributed by atoms with Gasteiger partial charge in [-0.25, -0.2) is 14.3 Å². The lowest BCUT2D eigenvalue weighted by Gasteiger charge is -2.60.